The zero-order chi connectivity index (χ0) is 16.6. The molecule has 0 spiro atoms. The quantitative estimate of drug-likeness (QED) is 0.752. The number of benzene rings is 2. The number of hydrogen-bond donors (Lipinski definition) is 0. The average Bonchev–Trinajstić information content (AvgIpc) is 2.53. The smallest absolute Gasteiger partial charge is 0.308 e. The lowest BCUT2D eigenvalue weighted by Gasteiger charge is -2.30. The molecule has 1 amide bonds. The normalized spacial score (nSPS) is 14.5. The van der Waals surface area contributed by atoms with E-state index in [0.29, 0.717) is 6.54 Å². The van der Waals surface area contributed by atoms with Crippen molar-refractivity contribution < 1.29 is 18.0 Å². The molecule has 2 aromatic rings. The molecule has 2 nitrogen and oxygen atoms in total. The van der Waals surface area contributed by atoms with Crippen molar-refractivity contribution in [3.05, 3.63) is 64.7 Å². The van der Waals surface area contributed by atoms with E-state index < -0.39 is 17.6 Å². The van der Waals surface area contributed by atoms with Crippen LogP contribution >= 0.6 is 0 Å². The van der Waals surface area contributed by atoms with Crippen LogP contribution in [0.25, 0.3) is 0 Å². The van der Waals surface area contributed by atoms with Gasteiger partial charge in [0.1, 0.15) is 0 Å². The molecule has 0 N–H and O–H groups in total. The Morgan fingerprint density at radius 3 is 2.61 bits per heavy atom. The van der Waals surface area contributed by atoms with Gasteiger partial charge in [0.05, 0.1) is 11.1 Å². The maximum atomic E-state index is 13.2. The number of rotatable bonds is 1. The molecule has 0 saturated heterocycles. The van der Waals surface area contributed by atoms with Gasteiger partial charge in [0.15, 0.2) is 0 Å². The molecule has 0 radical (unpaired) electrons. The fourth-order valence-corrected chi connectivity index (χ4v) is 2.96. The molecule has 1 heterocycles. The van der Waals surface area contributed by atoms with Crippen LogP contribution in [0.3, 0.4) is 0 Å². The Hall–Kier alpha value is -2.30. The number of halogens is 3. The van der Waals surface area contributed by atoms with E-state index in [0.717, 1.165) is 35.7 Å². The van der Waals surface area contributed by atoms with Crippen LogP contribution in [0.5, 0.6) is 0 Å². The van der Waals surface area contributed by atoms with Gasteiger partial charge in [0.25, 0.3) is 5.91 Å². The first-order valence-corrected chi connectivity index (χ1v) is 7.45. The Morgan fingerprint density at radius 1 is 1.13 bits per heavy atom. The van der Waals surface area contributed by atoms with Gasteiger partial charge >= 0.3 is 6.18 Å². The van der Waals surface area contributed by atoms with Crippen molar-refractivity contribution in [1.29, 1.82) is 0 Å². The Morgan fingerprint density at radius 2 is 1.87 bits per heavy atom. The molecule has 5 heteroatoms. The van der Waals surface area contributed by atoms with Gasteiger partial charge in [0, 0.05) is 12.2 Å². The van der Waals surface area contributed by atoms with Crippen molar-refractivity contribution in [2.24, 2.45) is 0 Å². The fourth-order valence-electron chi connectivity index (χ4n) is 2.96. The zero-order valence-electron chi connectivity index (χ0n) is 12.7. The van der Waals surface area contributed by atoms with E-state index in [2.05, 4.69) is 0 Å². The van der Waals surface area contributed by atoms with E-state index in [1.54, 1.807) is 0 Å². The number of anilines is 1. The lowest BCUT2D eigenvalue weighted by Crippen LogP contribution is -2.36. The van der Waals surface area contributed by atoms with Gasteiger partial charge in [-0.1, -0.05) is 24.3 Å². The Kier molecular flexibility index (Phi) is 3.88. The average molecular weight is 319 g/mol. The summed E-state index contributed by atoms with van der Waals surface area (Å²) in [6.45, 7) is 2.34. The van der Waals surface area contributed by atoms with Crippen LogP contribution < -0.4 is 4.90 Å². The molecule has 2 aromatic carbocycles. The van der Waals surface area contributed by atoms with Gasteiger partial charge < -0.3 is 4.90 Å². The van der Waals surface area contributed by atoms with E-state index in [4.69, 9.17) is 0 Å². The summed E-state index contributed by atoms with van der Waals surface area (Å²) in [6, 6.07) is 10.7. The first kappa shape index (κ1) is 15.6. The first-order valence-electron chi connectivity index (χ1n) is 7.45. The number of carbonyl (C=O) groups is 1. The Labute approximate surface area is 132 Å². The summed E-state index contributed by atoms with van der Waals surface area (Å²) >= 11 is 0. The predicted molar refractivity (Wildman–Crippen MR) is 82.6 cm³/mol. The van der Waals surface area contributed by atoms with Gasteiger partial charge in [-0.15, -0.1) is 0 Å². The van der Waals surface area contributed by atoms with Crippen LogP contribution in [0, 0.1) is 6.92 Å². The number of carbonyl (C=O) groups excluding carboxylic acids is 1. The van der Waals surface area contributed by atoms with Crippen LogP contribution in [-0.4, -0.2) is 12.5 Å². The molecule has 0 saturated carbocycles. The largest absolute Gasteiger partial charge is 0.417 e. The maximum Gasteiger partial charge on any atom is 0.417 e. The molecule has 0 unspecified atom stereocenters. The van der Waals surface area contributed by atoms with Gasteiger partial charge in [0.2, 0.25) is 0 Å². The highest BCUT2D eigenvalue weighted by Gasteiger charge is 2.36. The summed E-state index contributed by atoms with van der Waals surface area (Å²) in [7, 11) is 0. The van der Waals surface area contributed by atoms with Crippen molar-refractivity contribution in [2.75, 3.05) is 11.4 Å². The third kappa shape index (κ3) is 2.96. The molecule has 120 valence electrons. The number of amides is 1. The standard InChI is InChI=1S/C18H16F3NO/c1-12-8-9-13-5-4-10-22(16(13)11-12)17(23)14-6-2-3-7-15(14)18(19,20)21/h2-3,6-9,11H,4-5,10H2,1H3. The molecule has 0 aromatic heterocycles. The number of aryl methyl sites for hydroxylation is 2. The van der Waals surface area contributed by atoms with E-state index in [-0.39, 0.29) is 5.56 Å². The second-order valence-electron chi connectivity index (χ2n) is 5.74. The first-order chi connectivity index (χ1) is 10.9. The van der Waals surface area contributed by atoms with Gasteiger partial charge in [-0.05, 0) is 49.1 Å². The topological polar surface area (TPSA) is 20.3 Å². The maximum absolute atomic E-state index is 13.2. The monoisotopic (exact) mass is 319 g/mol. The third-order valence-electron chi connectivity index (χ3n) is 4.07. The molecular weight excluding hydrogens is 303 g/mol. The zero-order valence-corrected chi connectivity index (χ0v) is 12.7. The van der Waals surface area contributed by atoms with Crippen LogP contribution in [0.2, 0.25) is 0 Å². The minimum Gasteiger partial charge on any atom is -0.308 e. The molecule has 0 bridgehead atoms. The second kappa shape index (κ2) is 5.72. The minimum absolute atomic E-state index is 0.297. The van der Waals surface area contributed by atoms with E-state index in [1.807, 2.05) is 25.1 Å². The third-order valence-corrected chi connectivity index (χ3v) is 4.07. The predicted octanol–water partition coefficient (Wildman–Crippen LogP) is 4.61. The number of fused-ring (bicyclic) bond motifs is 1. The minimum atomic E-state index is -4.54. The molecule has 1 aliphatic heterocycles. The van der Waals surface area contributed by atoms with E-state index >= 15 is 0 Å². The van der Waals surface area contributed by atoms with Crippen LogP contribution in [-0.2, 0) is 12.6 Å². The molecule has 3 rings (SSSR count). The van der Waals surface area contributed by atoms with Crippen LogP contribution in [0.15, 0.2) is 42.5 Å². The van der Waals surface area contributed by atoms with Crippen molar-refractivity contribution in [1.82, 2.24) is 0 Å². The van der Waals surface area contributed by atoms with Crippen molar-refractivity contribution in [3.8, 4) is 0 Å². The van der Waals surface area contributed by atoms with Crippen LogP contribution in [0.4, 0.5) is 18.9 Å². The van der Waals surface area contributed by atoms with Crippen molar-refractivity contribution in [2.45, 2.75) is 25.9 Å². The summed E-state index contributed by atoms with van der Waals surface area (Å²) in [5, 5.41) is 0. The Bertz CT molecular complexity index is 752. The SMILES string of the molecule is Cc1ccc2c(c1)N(C(=O)c1ccccc1C(F)(F)F)CCC2. The summed E-state index contributed by atoms with van der Waals surface area (Å²) in [5.74, 6) is -0.593. The highest BCUT2D eigenvalue weighted by Crippen LogP contribution is 2.35. The van der Waals surface area contributed by atoms with Gasteiger partial charge in [-0.3, -0.25) is 4.79 Å². The van der Waals surface area contributed by atoms with Crippen molar-refractivity contribution in [3.63, 3.8) is 0 Å². The fraction of sp³-hybridized carbons (Fsp3) is 0.278. The lowest BCUT2D eigenvalue weighted by atomic mass is 9.98. The molecule has 1 aliphatic rings. The van der Waals surface area contributed by atoms with Gasteiger partial charge in [-0.2, -0.15) is 13.2 Å². The van der Waals surface area contributed by atoms with E-state index in [1.165, 1.54) is 23.1 Å². The second-order valence-corrected chi connectivity index (χ2v) is 5.74. The van der Waals surface area contributed by atoms with Crippen molar-refractivity contribution >= 4 is 11.6 Å². The highest BCUT2D eigenvalue weighted by molar-refractivity contribution is 6.07. The molecule has 0 aliphatic carbocycles. The Balaban J connectivity index is 2.05. The highest BCUT2D eigenvalue weighted by atomic mass is 19.4. The summed E-state index contributed by atoms with van der Waals surface area (Å²) < 4.78 is 39.5. The molecule has 23 heavy (non-hydrogen) atoms. The number of hydrogen-bond acceptors (Lipinski definition) is 1. The number of nitrogens with zero attached hydrogens (tertiary/aromatic N) is 1. The summed E-state index contributed by atoms with van der Waals surface area (Å²) in [4.78, 5) is 14.2. The van der Waals surface area contributed by atoms with E-state index in [9.17, 15) is 18.0 Å². The number of alkyl halides is 3. The van der Waals surface area contributed by atoms with Gasteiger partial charge in [-0.25, -0.2) is 0 Å². The summed E-state index contributed by atoms with van der Waals surface area (Å²) in [5.41, 5.74) is 1.52. The molecule has 0 atom stereocenters. The molecular formula is C18H16F3NO. The van der Waals surface area contributed by atoms with Crippen LogP contribution in [0.1, 0.15) is 33.5 Å². The lowest BCUT2D eigenvalue weighted by molar-refractivity contribution is -0.137. The molecule has 0 fully saturated rings. The summed E-state index contributed by atoms with van der Waals surface area (Å²) in [6.07, 6.45) is -2.96.